The Morgan fingerprint density at radius 3 is 2.36 bits per heavy atom. The number of imidazole rings is 1. The number of fused-ring (bicyclic) bond motifs is 1. The molecule has 0 bridgehead atoms. The second kappa shape index (κ2) is 9.88. The summed E-state index contributed by atoms with van der Waals surface area (Å²) in [6.07, 6.45) is 0.983. The minimum Gasteiger partial charge on any atom is -0.369 e. The van der Waals surface area contributed by atoms with Crippen molar-refractivity contribution in [3.8, 4) is 0 Å². The number of anilines is 2. The van der Waals surface area contributed by atoms with Gasteiger partial charge in [0.25, 0.3) is 0 Å². The first-order valence-electron chi connectivity index (χ1n) is 11.6. The molecule has 1 fully saturated rings. The Morgan fingerprint density at radius 1 is 0.879 bits per heavy atom. The molecule has 0 radical (unpaired) electrons. The van der Waals surface area contributed by atoms with Gasteiger partial charge in [0, 0.05) is 56.9 Å². The van der Waals surface area contributed by atoms with Gasteiger partial charge >= 0.3 is 0 Å². The van der Waals surface area contributed by atoms with Crippen molar-refractivity contribution in [2.75, 3.05) is 36.4 Å². The molecule has 1 amide bonds. The number of hydrogen-bond acceptors (Lipinski definition) is 4. The molecule has 2 N–H and O–H groups in total. The lowest BCUT2D eigenvalue weighted by Gasteiger charge is -2.36. The highest BCUT2D eigenvalue weighted by atomic mass is 16.1. The van der Waals surface area contributed by atoms with Crippen LogP contribution in [0.4, 0.5) is 11.4 Å². The third kappa shape index (κ3) is 5.41. The molecule has 5 rings (SSSR count). The molecule has 0 atom stereocenters. The lowest BCUT2D eigenvalue weighted by atomic mass is 10.2. The number of H-pyrrole nitrogens is 1. The number of nitrogens with zero attached hydrogens (tertiary/aromatic N) is 3. The van der Waals surface area contributed by atoms with E-state index in [-0.39, 0.29) is 5.91 Å². The summed E-state index contributed by atoms with van der Waals surface area (Å²) in [7, 11) is 0. The van der Waals surface area contributed by atoms with Crippen LogP contribution >= 0.6 is 0 Å². The molecule has 1 aromatic heterocycles. The van der Waals surface area contributed by atoms with E-state index in [0.717, 1.165) is 55.3 Å². The third-order valence-corrected chi connectivity index (χ3v) is 6.16. The molecule has 0 unspecified atom stereocenters. The van der Waals surface area contributed by atoms with Crippen LogP contribution in [0.1, 0.15) is 17.8 Å². The minimum absolute atomic E-state index is 0.00210. The number of carbonyl (C=O) groups excluding carboxylic acids is 1. The molecule has 2 heterocycles. The van der Waals surface area contributed by atoms with Crippen LogP contribution in [0.5, 0.6) is 0 Å². The highest BCUT2D eigenvalue weighted by Crippen LogP contribution is 2.20. The zero-order valence-corrected chi connectivity index (χ0v) is 18.7. The number of benzene rings is 3. The summed E-state index contributed by atoms with van der Waals surface area (Å²) in [5.74, 6) is 0.839. The molecule has 6 heteroatoms. The predicted octanol–water partition coefficient (Wildman–Crippen LogP) is 4.46. The number of carbonyl (C=O) groups is 1. The Hall–Kier alpha value is -3.64. The van der Waals surface area contributed by atoms with E-state index in [4.69, 9.17) is 0 Å². The monoisotopic (exact) mass is 439 g/mol. The molecule has 168 valence electrons. The van der Waals surface area contributed by atoms with E-state index in [0.29, 0.717) is 12.8 Å². The first-order chi connectivity index (χ1) is 16.2. The van der Waals surface area contributed by atoms with Gasteiger partial charge < -0.3 is 15.2 Å². The van der Waals surface area contributed by atoms with Crippen LogP contribution in [0.3, 0.4) is 0 Å². The number of piperazine rings is 1. The molecule has 3 aromatic carbocycles. The van der Waals surface area contributed by atoms with E-state index in [1.807, 2.05) is 36.4 Å². The van der Waals surface area contributed by atoms with Gasteiger partial charge in [-0.3, -0.25) is 9.69 Å². The average molecular weight is 440 g/mol. The molecule has 6 nitrogen and oxygen atoms in total. The standard InChI is InChI=1S/C27H29N5O/c33-27(15-14-26-29-24-8-4-5-9-25(24)30-26)28-22-10-12-23(13-11-22)32-18-16-31(17-19-32)20-21-6-2-1-3-7-21/h1-13H,14-20H2,(H,28,33)(H,29,30). The van der Waals surface area contributed by atoms with Crippen molar-refractivity contribution in [1.29, 1.82) is 0 Å². The average Bonchev–Trinajstić information content (AvgIpc) is 3.28. The summed E-state index contributed by atoms with van der Waals surface area (Å²) in [4.78, 5) is 25.1. The summed E-state index contributed by atoms with van der Waals surface area (Å²) >= 11 is 0. The van der Waals surface area contributed by atoms with Gasteiger partial charge in [0.15, 0.2) is 0 Å². The Balaban J connectivity index is 1.09. The molecule has 1 aliphatic heterocycles. The maximum atomic E-state index is 12.4. The van der Waals surface area contributed by atoms with Gasteiger partial charge in [-0.2, -0.15) is 0 Å². The minimum atomic E-state index is -0.00210. The fraction of sp³-hybridized carbons (Fsp3) is 0.259. The fourth-order valence-corrected chi connectivity index (χ4v) is 4.34. The Kier molecular flexibility index (Phi) is 6.35. The zero-order chi connectivity index (χ0) is 22.5. The smallest absolute Gasteiger partial charge is 0.224 e. The van der Waals surface area contributed by atoms with E-state index in [9.17, 15) is 4.79 Å². The summed E-state index contributed by atoms with van der Waals surface area (Å²) < 4.78 is 0. The van der Waals surface area contributed by atoms with Crippen molar-refractivity contribution in [3.05, 3.63) is 90.3 Å². The summed E-state index contributed by atoms with van der Waals surface area (Å²) in [6.45, 7) is 5.13. The number of amides is 1. The zero-order valence-electron chi connectivity index (χ0n) is 18.7. The molecule has 0 saturated carbocycles. The Labute approximate surface area is 194 Å². The van der Waals surface area contributed by atoms with Gasteiger partial charge in [-0.25, -0.2) is 4.98 Å². The van der Waals surface area contributed by atoms with Crippen LogP contribution in [0.2, 0.25) is 0 Å². The predicted molar refractivity (Wildman–Crippen MR) is 133 cm³/mol. The first kappa shape index (κ1) is 21.2. The molecule has 1 aliphatic rings. The number of aromatic amines is 1. The van der Waals surface area contributed by atoms with E-state index in [2.05, 4.69) is 67.5 Å². The highest BCUT2D eigenvalue weighted by molar-refractivity contribution is 5.91. The lowest BCUT2D eigenvalue weighted by Crippen LogP contribution is -2.45. The van der Waals surface area contributed by atoms with Crippen molar-refractivity contribution in [2.24, 2.45) is 0 Å². The van der Waals surface area contributed by atoms with Gasteiger partial charge in [-0.15, -0.1) is 0 Å². The quantitative estimate of drug-likeness (QED) is 0.446. The van der Waals surface area contributed by atoms with Crippen LogP contribution in [-0.4, -0.2) is 47.0 Å². The second-order valence-electron chi connectivity index (χ2n) is 8.54. The van der Waals surface area contributed by atoms with Crippen LogP contribution in [0, 0.1) is 0 Å². The van der Waals surface area contributed by atoms with E-state index < -0.39 is 0 Å². The van der Waals surface area contributed by atoms with Crippen molar-refractivity contribution in [1.82, 2.24) is 14.9 Å². The maximum absolute atomic E-state index is 12.4. The topological polar surface area (TPSA) is 64.3 Å². The number of aryl methyl sites for hydroxylation is 1. The molecule has 4 aromatic rings. The van der Waals surface area contributed by atoms with Gasteiger partial charge in [-0.05, 0) is 42.0 Å². The van der Waals surface area contributed by atoms with E-state index >= 15 is 0 Å². The SMILES string of the molecule is O=C(CCc1nc2ccccc2[nH]1)Nc1ccc(N2CCN(Cc3ccccc3)CC2)cc1. The van der Waals surface area contributed by atoms with Crippen molar-refractivity contribution < 1.29 is 4.79 Å². The van der Waals surface area contributed by atoms with E-state index in [1.54, 1.807) is 0 Å². The van der Waals surface area contributed by atoms with Crippen molar-refractivity contribution in [2.45, 2.75) is 19.4 Å². The van der Waals surface area contributed by atoms with Crippen molar-refractivity contribution in [3.63, 3.8) is 0 Å². The normalized spacial score (nSPS) is 14.5. The van der Waals surface area contributed by atoms with Gasteiger partial charge in [0.05, 0.1) is 11.0 Å². The maximum Gasteiger partial charge on any atom is 0.224 e. The van der Waals surface area contributed by atoms with Gasteiger partial charge in [0.1, 0.15) is 5.82 Å². The Morgan fingerprint density at radius 2 is 1.61 bits per heavy atom. The number of rotatable bonds is 7. The van der Waals surface area contributed by atoms with E-state index in [1.165, 1.54) is 11.3 Å². The van der Waals surface area contributed by atoms with Crippen LogP contribution < -0.4 is 10.2 Å². The molecule has 1 saturated heterocycles. The molecule has 0 spiro atoms. The highest BCUT2D eigenvalue weighted by Gasteiger charge is 2.17. The van der Waals surface area contributed by atoms with Gasteiger partial charge in [0.2, 0.25) is 5.91 Å². The molecular formula is C27H29N5O. The summed E-state index contributed by atoms with van der Waals surface area (Å²) in [5, 5.41) is 3.00. The van der Waals surface area contributed by atoms with Gasteiger partial charge in [-0.1, -0.05) is 42.5 Å². The number of nitrogens with one attached hydrogen (secondary N) is 2. The van der Waals surface area contributed by atoms with Crippen LogP contribution in [0.25, 0.3) is 11.0 Å². The lowest BCUT2D eigenvalue weighted by molar-refractivity contribution is -0.116. The number of aromatic nitrogens is 2. The molecule has 0 aliphatic carbocycles. The molecular weight excluding hydrogens is 410 g/mol. The first-order valence-corrected chi connectivity index (χ1v) is 11.6. The summed E-state index contributed by atoms with van der Waals surface area (Å²) in [5.41, 5.74) is 5.34. The summed E-state index contributed by atoms with van der Waals surface area (Å²) in [6, 6.07) is 26.7. The number of para-hydroxylation sites is 2. The fourth-order valence-electron chi connectivity index (χ4n) is 4.34. The second-order valence-corrected chi connectivity index (χ2v) is 8.54. The Bertz CT molecular complexity index is 1160. The van der Waals surface area contributed by atoms with Crippen molar-refractivity contribution >= 4 is 28.3 Å². The van der Waals surface area contributed by atoms with Crippen LogP contribution in [0.15, 0.2) is 78.9 Å². The van der Waals surface area contributed by atoms with Crippen LogP contribution in [-0.2, 0) is 17.8 Å². The third-order valence-electron chi connectivity index (χ3n) is 6.16. The number of hydrogen-bond donors (Lipinski definition) is 2. The largest absolute Gasteiger partial charge is 0.369 e. The molecule has 33 heavy (non-hydrogen) atoms.